The Labute approximate surface area is 136 Å². The van der Waals surface area contributed by atoms with E-state index in [1.54, 1.807) is 19.1 Å². The highest BCUT2D eigenvalue weighted by Crippen LogP contribution is 2.36. The number of thiol groups is 1. The van der Waals surface area contributed by atoms with E-state index in [0.717, 1.165) is 25.3 Å². The lowest BCUT2D eigenvalue weighted by Crippen LogP contribution is -2.72. The minimum Gasteiger partial charge on any atom is -0.330 e. The van der Waals surface area contributed by atoms with Crippen LogP contribution in [0.2, 0.25) is 0 Å². The van der Waals surface area contributed by atoms with Crippen molar-refractivity contribution >= 4 is 18.5 Å². The van der Waals surface area contributed by atoms with Crippen molar-refractivity contribution in [1.82, 2.24) is 9.80 Å². The van der Waals surface area contributed by atoms with Crippen LogP contribution in [0.3, 0.4) is 0 Å². The van der Waals surface area contributed by atoms with Crippen molar-refractivity contribution in [2.45, 2.75) is 44.8 Å². The smallest absolute Gasteiger partial charge is 0.254 e. The van der Waals surface area contributed by atoms with Crippen LogP contribution >= 0.6 is 12.6 Å². The molecule has 2 aliphatic rings. The summed E-state index contributed by atoms with van der Waals surface area (Å²) in [5.41, 5.74) is 1.08. The fraction of sp³-hybridized carbons (Fsp3) is 0.588. The number of carbonyl (C=O) groups is 1. The molecule has 0 aliphatic carbocycles. The average molecular weight is 322 g/mol. The Hall–Kier alpha value is -1.07. The summed E-state index contributed by atoms with van der Waals surface area (Å²) in [7, 11) is 0. The molecule has 0 saturated carbocycles. The summed E-state index contributed by atoms with van der Waals surface area (Å²) in [5.74, 6) is 0.446. The SMILES string of the molecule is Cc1ccc(C(=O)N2C3CC2CN(C(C)(C)CS)C3)cc1F. The molecular weight excluding hydrogens is 299 g/mol. The van der Waals surface area contributed by atoms with Crippen molar-refractivity contribution in [1.29, 1.82) is 0 Å². The predicted molar refractivity (Wildman–Crippen MR) is 89.0 cm³/mol. The molecule has 5 heteroatoms. The number of piperazine rings is 1. The van der Waals surface area contributed by atoms with E-state index in [9.17, 15) is 9.18 Å². The van der Waals surface area contributed by atoms with Crippen LogP contribution in [-0.2, 0) is 0 Å². The molecule has 0 aromatic heterocycles. The highest BCUT2D eigenvalue weighted by Gasteiger charge is 2.49. The number of likely N-dealkylation sites (tertiary alicyclic amines) is 2. The Kier molecular flexibility index (Phi) is 3.98. The van der Waals surface area contributed by atoms with E-state index in [1.807, 2.05) is 4.90 Å². The minimum atomic E-state index is -0.311. The molecule has 0 spiro atoms. The minimum absolute atomic E-state index is 0.0384. The van der Waals surface area contributed by atoms with Crippen LogP contribution in [0, 0.1) is 12.7 Å². The van der Waals surface area contributed by atoms with Gasteiger partial charge in [-0.2, -0.15) is 12.6 Å². The first-order chi connectivity index (χ1) is 10.3. The summed E-state index contributed by atoms with van der Waals surface area (Å²) >= 11 is 4.43. The maximum Gasteiger partial charge on any atom is 0.254 e. The molecule has 1 aromatic rings. The Morgan fingerprint density at radius 2 is 2.00 bits per heavy atom. The van der Waals surface area contributed by atoms with Gasteiger partial charge >= 0.3 is 0 Å². The number of carbonyl (C=O) groups excluding carboxylic acids is 1. The van der Waals surface area contributed by atoms with Gasteiger partial charge in [-0.3, -0.25) is 9.69 Å². The molecule has 2 fully saturated rings. The lowest BCUT2D eigenvalue weighted by atomic mass is 9.84. The fourth-order valence-corrected chi connectivity index (χ4v) is 3.61. The second-order valence-electron chi connectivity index (χ2n) is 7.10. The monoisotopic (exact) mass is 322 g/mol. The topological polar surface area (TPSA) is 23.6 Å². The number of hydrogen-bond donors (Lipinski definition) is 1. The van der Waals surface area contributed by atoms with Gasteiger partial charge in [0.2, 0.25) is 0 Å². The predicted octanol–water partition coefficient (Wildman–Crippen LogP) is 2.74. The number of piperidine rings is 1. The summed E-state index contributed by atoms with van der Waals surface area (Å²) in [6.07, 6.45) is 1.05. The Morgan fingerprint density at radius 3 is 2.55 bits per heavy atom. The van der Waals surface area contributed by atoms with Crippen LogP contribution in [0.4, 0.5) is 4.39 Å². The fourth-order valence-electron chi connectivity index (χ4n) is 3.41. The van der Waals surface area contributed by atoms with Crippen LogP contribution in [-0.4, -0.2) is 52.2 Å². The Morgan fingerprint density at radius 1 is 1.36 bits per heavy atom. The zero-order valence-corrected chi connectivity index (χ0v) is 14.2. The van der Waals surface area contributed by atoms with Crippen molar-refractivity contribution in [3.05, 3.63) is 35.1 Å². The van der Waals surface area contributed by atoms with E-state index < -0.39 is 0 Å². The van der Waals surface area contributed by atoms with Crippen molar-refractivity contribution in [2.75, 3.05) is 18.8 Å². The molecule has 2 bridgehead atoms. The molecule has 0 N–H and O–H groups in total. The maximum atomic E-state index is 13.7. The number of aryl methyl sites for hydroxylation is 1. The van der Waals surface area contributed by atoms with Crippen molar-refractivity contribution in [3.8, 4) is 0 Å². The molecule has 2 unspecified atom stereocenters. The van der Waals surface area contributed by atoms with Gasteiger partial charge in [-0.05, 0) is 44.9 Å². The summed E-state index contributed by atoms with van der Waals surface area (Å²) < 4.78 is 13.7. The van der Waals surface area contributed by atoms with E-state index in [-0.39, 0.29) is 29.3 Å². The molecule has 2 saturated heterocycles. The average Bonchev–Trinajstić information content (AvgIpc) is 2.50. The number of benzene rings is 1. The number of fused-ring (bicyclic) bond motifs is 2. The van der Waals surface area contributed by atoms with Gasteiger partial charge in [0.15, 0.2) is 0 Å². The van der Waals surface area contributed by atoms with Gasteiger partial charge in [0, 0.05) is 42.0 Å². The molecule has 1 aromatic carbocycles. The van der Waals surface area contributed by atoms with E-state index in [0.29, 0.717) is 11.1 Å². The van der Waals surface area contributed by atoms with Gasteiger partial charge in [-0.1, -0.05) is 6.07 Å². The number of halogens is 1. The maximum absolute atomic E-state index is 13.7. The quantitative estimate of drug-likeness (QED) is 0.865. The largest absolute Gasteiger partial charge is 0.330 e. The Bertz CT molecular complexity index is 592. The lowest BCUT2D eigenvalue weighted by molar-refractivity contribution is -0.0726. The summed E-state index contributed by atoms with van der Waals surface area (Å²) in [6, 6.07) is 5.25. The number of hydrogen-bond acceptors (Lipinski definition) is 3. The molecule has 3 rings (SSSR count). The second-order valence-corrected chi connectivity index (χ2v) is 7.41. The van der Waals surface area contributed by atoms with Crippen LogP contribution in [0.15, 0.2) is 18.2 Å². The molecule has 0 radical (unpaired) electrons. The van der Waals surface area contributed by atoms with Gasteiger partial charge < -0.3 is 4.90 Å². The molecule has 3 nitrogen and oxygen atoms in total. The first-order valence-corrected chi connectivity index (χ1v) is 8.41. The van der Waals surface area contributed by atoms with E-state index >= 15 is 0 Å². The van der Waals surface area contributed by atoms with Crippen molar-refractivity contribution in [2.24, 2.45) is 0 Å². The molecular formula is C17H23FN2OS. The molecule has 120 valence electrons. The normalized spacial score (nSPS) is 25.0. The van der Waals surface area contributed by atoms with E-state index in [1.165, 1.54) is 6.07 Å². The van der Waals surface area contributed by atoms with Gasteiger partial charge in [0.05, 0.1) is 0 Å². The van der Waals surface area contributed by atoms with Crippen LogP contribution in [0.1, 0.15) is 36.2 Å². The van der Waals surface area contributed by atoms with E-state index in [2.05, 4.69) is 31.4 Å². The third-order valence-corrected chi connectivity index (χ3v) is 5.86. The first-order valence-electron chi connectivity index (χ1n) is 7.78. The first kappa shape index (κ1) is 15.8. The van der Waals surface area contributed by atoms with Crippen molar-refractivity contribution in [3.63, 3.8) is 0 Å². The molecule has 1 amide bonds. The van der Waals surface area contributed by atoms with Gasteiger partial charge in [-0.15, -0.1) is 0 Å². The van der Waals surface area contributed by atoms with Crippen LogP contribution < -0.4 is 0 Å². The highest BCUT2D eigenvalue weighted by atomic mass is 32.1. The van der Waals surface area contributed by atoms with Crippen LogP contribution in [0.5, 0.6) is 0 Å². The number of nitrogens with zero attached hydrogens (tertiary/aromatic N) is 2. The second kappa shape index (κ2) is 5.53. The third kappa shape index (κ3) is 2.54. The standard InChI is InChI=1S/C17H23FN2OS/c1-11-4-5-12(6-15(11)18)16(21)20-13-7-14(20)9-19(8-13)17(2,3)10-22/h4-6,13-14,22H,7-10H2,1-3H3. The van der Waals surface area contributed by atoms with Crippen molar-refractivity contribution < 1.29 is 9.18 Å². The third-order valence-electron chi connectivity index (χ3n) is 5.09. The number of rotatable bonds is 3. The zero-order chi connectivity index (χ0) is 16.1. The molecule has 2 heterocycles. The summed E-state index contributed by atoms with van der Waals surface area (Å²) in [4.78, 5) is 17.0. The Balaban J connectivity index is 1.73. The van der Waals surface area contributed by atoms with Gasteiger partial charge in [0.25, 0.3) is 5.91 Å². The zero-order valence-electron chi connectivity index (χ0n) is 13.3. The van der Waals surface area contributed by atoms with Gasteiger partial charge in [0.1, 0.15) is 5.82 Å². The lowest BCUT2D eigenvalue weighted by Gasteiger charge is -2.59. The molecule has 2 atom stereocenters. The summed E-state index contributed by atoms with van der Waals surface area (Å²) in [5, 5.41) is 0. The van der Waals surface area contributed by atoms with Gasteiger partial charge in [-0.25, -0.2) is 4.39 Å². The summed E-state index contributed by atoms with van der Waals surface area (Å²) in [6.45, 7) is 7.84. The van der Waals surface area contributed by atoms with E-state index in [4.69, 9.17) is 0 Å². The number of amides is 1. The molecule has 2 aliphatic heterocycles. The molecule has 22 heavy (non-hydrogen) atoms. The van der Waals surface area contributed by atoms with Crippen LogP contribution in [0.25, 0.3) is 0 Å². The highest BCUT2D eigenvalue weighted by molar-refractivity contribution is 7.80.